The molecule has 2 aromatic heterocycles. The Balaban J connectivity index is 1.49. The quantitative estimate of drug-likeness (QED) is 0.568. The van der Waals surface area contributed by atoms with Crippen LogP contribution in [0.15, 0.2) is 47.3 Å². The van der Waals surface area contributed by atoms with Crippen LogP contribution in [-0.2, 0) is 6.42 Å². The number of H-pyrrole nitrogens is 1. The van der Waals surface area contributed by atoms with E-state index in [1.807, 2.05) is 30.3 Å². The molecule has 0 bridgehead atoms. The Morgan fingerprint density at radius 1 is 1.30 bits per heavy atom. The van der Waals surface area contributed by atoms with Crippen molar-refractivity contribution >= 4 is 16.6 Å². The highest BCUT2D eigenvalue weighted by atomic mass is 19.1. The molecule has 132 valence electrons. The van der Waals surface area contributed by atoms with Gasteiger partial charge >= 0.3 is 0 Å². The Kier molecular flexibility index (Phi) is 3.44. The van der Waals surface area contributed by atoms with Crippen LogP contribution in [0.1, 0.15) is 29.2 Å². The van der Waals surface area contributed by atoms with Gasteiger partial charge < -0.3 is 9.73 Å². The first kappa shape index (κ1) is 15.6. The third-order valence-corrected chi connectivity index (χ3v) is 5.03. The van der Waals surface area contributed by atoms with Gasteiger partial charge in [0.15, 0.2) is 12.2 Å². The minimum absolute atomic E-state index is 0.000299. The Labute approximate surface area is 153 Å². The summed E-state index contributed by atoms with van der Waals surface area (Å²) in [6.07, 6.45) is 4.39. The summed E-state index contributed by atoms with van der Waals surface area (Å²) in [4.78, 5) is 3.94. The van der Waals surface area contributed by atoms with E-state index >= 15 is 0 Å². The summed E-state index contributed by atoms with van der Waals surface area (Å²) in [5.74, 6) is 0.202. The van der Waals surface area contributed by atoms with Crippen molar-refractivity contribution in [2.75, 3.05) is 5.32 Å². The van der Waals surface area contributed by atoms with Crippen LogP contribution in [0.2, 0.25) is 0 Å². The number of nitrogens with one attached hydrogen (secondary N) is 2. The number of nitrogens with zero attached hydrogens (tertiary/aromatic N) is 3. The van der Waals surface area contributed by atoms with Crippen LogP contribution in [0.3, 0.4) is 0 Å². The lowest BCUT2D eigenvalue weighted by atomic mass is 10.0. The second kappa shape index (κ2) is 5.95. The minimum atomic E-state index is -0.391. The van der Waals surface area contributed by atoms with Gasteiger partial charge in [0.05, 0.1) is 23.3 Å². The fraction of sp³-hybridized carbons (Fsp3) is 0.150. The third-order valence-electron chi connectivity index (χ3n) is 5.03. The lowest BCUT2D eigenvalue weighted by Crippen LogP contribution is -2.07. The number of halogens is 1. The first-order valence-corrected chi connectivity index (χ1v) is 8.59. The molecule has 0 fully saturated rings. The lowest BCUT2D eigenvalue weighted by Gasteiger charge is -2.16. The summed E-state index contributed by atoms with van der Waals surface area (Å²) >= 11 is 0. The van der Waals surface area contributed by atoms with Crippen LogP contribution in [0.25, 0.3) is 22.4 Å². The molecule has 0 saturated heterocycles. The number of oxazole rings is 1. The third kappa shape index (κ3) is 2.46. The van der Waals surface area contributed by atoms with Crippen LogP contribution >= 0.6 is 0 Å². The predicted octanol–water partition coefficient (Wildman–Crippen LogP) is 4.33. The first-order chi connectivity index (χ1) is 13.2. The summed E-state index contributed by atoms with van der Waals surface area (Å²) in [7, 11) is 0. The number of aromatic nitrogens is 3. The molecule has 1 atom stereocenters. The van der Waals surface area contributed by atoms with E-state index in [1.54, 1.807) is 12.3 Å². The van der Waals surface area contributed by atoms with Crippen molar-refractivity contribution in [2.45, 2.75) is 18.9 Å². The van der Waals surface area contributed by atoms with E-state index in [9.17, 15) is 4.39 Å². The van der Waals surface area contributed by atoms with E-state index in [2.05, 4.69) is 20.5 Å². The molecule has 1 aliphatic carbocycles. The summed E-state index contributed by atoms with van der Waals surface area (Å²) < 4.78 is 19.7. The second-order valence-corrected chi connectivity index (χ2v) is 6.54. The van der Waals surface area contributed by atoms with Gasteiger partial charge in [-0.05, 0) is 48.2 Å². The van der Waals surface area contributed by atoms with Crippen molar-refractivity contribution in [3.05, 3.63) is 65.4 Å². The van der Waals surface area contributed by atoms with Gasteiger partial charge in [-0.2, -0.15) is 10.4 Å². The van der Waals surface area contributed by atoms with E-state index in [0.29, 0.717) is 23.4 Å². The molecule has 6 nitrogen and oxygen atoms in total. The van der Waals surface area contributed by atoms with Gasteiger partial charge in [-0.25, -0.2) is 9.37 Å². The maximum Gasteiger partial charge on any atom is 0.181 e. The molecule has 0 spiro atoms. The average molecular weight is 359 g/mol. The van der Waals surface area contributed by atoms with Crippen molar-refractivity contribution < 1.29 is 8.81 Å². The van der Waals surface area contributed by atoms with Gasteiger partial charge in [0.2, 0.25) is 0 Å². The van der Waals surface area contributed by atoms with Crippen molar-refractivity contribution in [3.8, 4) is 17.5 Å². The average Bonchev–Trinajstić information content (AvgIpc) is 3.41. The number of anilines is 1. The van der Waals surface area contributed by atoms with Crippen LogP contribution in [0.4, 0.5) is 10.1 Å². The van der Waals surface area contributed by atoms with E-state index in [4.69, 9.17) is 9.68 Å². The van der Waals surface area contributed by atoms with E-state index in [1.165, 1.54) is 6.39 Å². The summed E-state index contributed by atoms with van der Waals surface area (Å²) in [5.41, 5.74) is 4.15. The number of benzene rings is 2. The molecule has 7 heteroatoms. The molecule has 5 rings (SSSR count). The van der Waals surface area contributed by atoms with Gasteiger partial charge in [-0.1, -0.05) is 6.07 Å². The molecule has 2 heterocycles. The van der Waals surface area contributed by atoms with Crippen LogP contribution in [0.5, 0.6) is 0 Å². The van der Waals surface area contributed by atoms with Crippen molar-refractivity contribution in [1.29, 1.82) is 5.26 Å². The Hall–Kier alpha value is -3.66. The van der Waals surface area contributed by atoms with Crippen LogP contribution < -0.4 is 5.32 Å². The zero-order valence-corrected chi connectivity index (χ0v) is 14.2. The first-order valence-electron chi connectivity index (χ1n) is 8.59. The SMILES string of the molecule is N#Cc1ccc2c(c1F)CC[C@@H]2Nc1ccc2[nH]nc(-c3cnco3)c2c1. The van der Waals surface area contributed by atoms with Crippen molar-refractivity contribution in [1.82, 2.24) is 15.2 Å². The number of fused-ring (bicyclic) bond motifs is 2. The number of nitriles is 1. The maximum absolute atomic E-state index is 14.4. The summed E-state index contributed by atoms with van der Waals surface area (Å²) in [6, 6.07) is 11.2. The van der Waals surface area contributed by atoms with Crippen molar-refractivity contribution in [2.24, 2.45) is 0 Å². The van der Waals surface area contributed by atoms with Crippen LogP contribution in [-0.4, -0.2) is 15.2 Å². The lowest BCUT2D eigenvalue weighted by molar-refractivity contribution is 0.570. The molecule has 0 aliphatic heterocycles. The number of hydrogen-bond donors (Lipinski definition) is 2. The molecular formula is C20H14FN5O. The fourth-order valence-electron chi connectivity index (χ4n) is 3.72. The van der Waals surface area contributed by atoms with E-state index < -0.39 is 5.82 Å². The molecule has 2 aromatic carbocycles. The zero-order valence-electron chi connectivity index (χ0n) is 14.2. The summed E-state index contributed by atoms with van der Waals surface area (Å²) in [6.45, 7) is 0. The Morgan fingerprint density at radius 3 is 3.04 bits per heavy atom. The molecule has 2 N–H and O–H groups in total. The largest absolute Gasteiger partial charge is 0.442 e. The standard InChI is InChI=1S/C20H14FN5O/c21-19-11(8-22)1-3-13-14(19)4-6-16(13)24-12-2-5-17-15(7-12)20(26-25-17)18-9-23-10-27-18/h1-3,5,7,9-10,16,24H,4,6H2,(H,25,26)/t16-/m0/s1. The van der Waals surface area contributed by atoms with E-state index in [-0.39, 0.29) is 11.6 Å². The molecular weight excluding hydrogens is 345 g/mol. The van der Waals surface area contributed by atoms with Crippen LogP contribution in [0, 0.1) is 17.1 Å². The fourth-order valence-corrected chi connectivity index (χ4v) is 3.72. The molecule has 0 amide bonds. The molecule has 0 radical (unpaired) electrons. The number of hydrogen-bond acceptors (Lipinski definition) is 5. The zero-order chi connectivity index (χ0) is 18.4. The van der Waals surface area contributed by atoms with Gasteiger partial charge in [-0.3, -0.25) is 5.10 Å². The van der Waals surface area contributed by atoms with Gasteiger partial charge in [0.1, 0.15) is 17.6 Å². The second-order valence-electron chi connectivity index (χ2n) is 6.54. The number of rotatable bonds is 3. The maximum atomic E-state index is 14.4. The molecule has 0 unspecified atom stereocenters. The highest BCUT2D eigenvalue weighted by Crippen LogP contribution is 2.37. The smallest absolute Gasteiger partial charge is 0.181 e. The highest BCUT2D eigenvalue weighted by molar-refractivity contribution is 5.93. The Morgan fingerprint density at radius 2 is 2.22 bits per heavy atom. The predicted molar refractivity (Wildman–Crippen MR) is 97.4 cm³/mol. The summed E-state index contributed by atoms with van der Waals surface area (Å²) in [5, 5.41) is 20.7. The topological polar surface area (TPSA) is 90.5 Å². The van der Waals surface area contributed by atoms with Crippen molar-refractivity contribution in [3.63, 3.8) is 0 Å². The molecule has 4 aromatic rings. The molecule has 0 saturated carbocycles. The minimum Gasteiger partial charge on any atom is -0.442 e. The highest BCUT2D eigenvalue weighted by Gasteiger charge is 2.26. The molecule has 27 heavy (non-hydrogen) atoms. The van der Waals surface area contributed by atoms with Gasteiger partial charge in [0.25, 0.3) is 0 Å². The monoisotopic (exact) mass is 359 g/mol. The van der Waals surface area contributed by atoms with Gasteiger partial charge in [0, 0.05) is 11.1 Å². The molecule has 1 aliphatic rings. The van der Waals surface area contributed by atoms with E-state index in [0.717, 1.165) is 28.6 Å². The Bertz CT molecular complexity index is 1190. The number of aromatic amines is 1. The van der Waals surface area contributed by atoms with Gasteiger partial charge in [-0.15, -0.1) is 0 Å². The normalized spacial score (nSPS) is 15.6.